The largest absolute Gasteiger partial charge is 0.558 e. The predicted octanol–water partition coefficient (Wildman–Crippen LogP) is 3.58. The van der Waals surface area contributed by atoms with Crippen LogP contribution in [-0.4, -0.2) is 42.9 Å². The molecule has 0 radical (unpaired) electrons. The summed E-state index contributed by atoms with van der Waals surface area (Å²) in [4.78, 5) is 0. The summed E-state index contributed by atoms with van der Waals surface area (Å²) in [6, 6.07) is 10.8. The second kappa shape index (κ2) is 4.37. The first-order valence-corrected chi connectivity index (χ1v) is 8.44. The van der Waals surface area contributed by atoms with Gasteiger partial charge in [0, 0.05) is 17.6 Å². The van der Waals surface area contributed by atoms with Crippen LogP contribution in [0.25, 0.3) is 0 Å². The Hall–Kier alpha value is -0.835. The highest BCUT2D eigenvalue weighted by Crippen LogP contribution is 2.57. The van der Waals surface area contributed by atoms with Gasteiger partial charge in [0.05, 0.1) is 26.1 Å². The summed E-state index contributed by atoms with van der Waals surface area (Å²) in [6.07, 6.45) is 1.10. The van der Waals surface area contributed by atoms with Gasteiger partial charge in [-0.15, -0.1) is 6.82 Å². The number of hydrogen-bond donors (Lipinski definition) is 0. The highest BCUT2D eigenvalue weighted by molar-refractivity contribution is 6.69. The van der Waals surface area contributed by atoms with Crippen molar-refractivity contribution >= 4 is 6.55 Å². The SMILES string of the molecule is C[B-]1(C2(c3ccccc3)CC[N+]2(C)C)OC(C)(C)C(C)(C)O1. The molecule has 3 rings (SSSR count). The van der Waals surface area contributed by atoms with Gasteiger partial charge >= 0.3 is 6.55 Å². The van der Waals surface area contributed by atoms with Crippen LogP contribution in [0.4, 0.5) is 0 Å². The third-order valence-electron chi connectivity index (χ3n) is 6.76. The Balaban J connectivity index is 2.14. The Kier molecular flexibility index (Phi) is 3.19. The molecule has 1 aromatic rings. The zero-order valence-electron chi connectivity index (χ0n) is 15.1. The minimum absolute atomic E-state index is 0.105. The number of likely N-dealkylation sites (tertiary alicyclic amines) is 1. The maximum atomic E-state index is 6.67. The van der Waals surface area contributed by atoms with Crippen molar-refractivity contribution in [3.05, 3.63) is 35.9 Å². The molecule has 0 aliphatic carbocycles. The Bertz CT molecular complexity index is 566. The van der Waals surface area contributed by atoms with E-state index in [2.05, 4.69) is 78.9 Å². The topological polar surface area (TPSA) is 18.5 Å². The Morgan fingerprint density at radius 2 is 1.45 bits per heavy atom. The zero-order chi connectivity index (χ0) is 16.4. The maximum absolute atomic E-state index is 6.67. The second-order valence-electron chi connectivity index (χ2n) is 8.80. The summed E-state index contributed by atoms with van der Waals surface area (Å²) in [5, 5.41) is 0. The molecule has 2 aliphatic heterocycles. The predicted molar refractivity (Wildman–Crippen MR) is 91.7 cm³/mol. The van der Waals surface area contributed by atoms with Crippen molar-refractivity contribution in [1.82, 2.24) is 0 Å². The van der Waals surface area contributed by atoms with Gasteiger partial charge in [-0.3, -0.25) is 0 Å². The Morgan fingerprint density at radius 3 is 1.82 bits per heavy atom. The quantitative estimate of drug-likeness (QED) is 0.614. The van der Waals surface area contributed by atoms with Crippen molar-refractivity contribution in [2.24, 2.45) is 0 Å². The van der Waals surface area contributed by atoms with Gasteiger partial charge in [-0.1, -0.05) is 30.3 Å². The first-order valence-electron chi connectivity index (χ1n) is 8.44. The number of hydrogen-bond acceptors (Lipinski definition) is 2. The molecule has 1 atom stereocenters. The fraction of sp³-hybridized carbons (Fsp3) is 0.667. The molecular formula is C18H30BNO2. The monoisotopic (exact) mass is 303 g/mol. The molecule has 1 aromatic carbocycles. The fourth-order valence-corrected chi connectivity index (χ4v) is 4.85. The minimum atomic E-state index is -1.44. The van der Waals surface area contributed by atoms with Gasteiger partial charge in [-0.2, -0.15) is 0 Å². The van der Waals surface area contributed by atoms with Crippen molar-refractivity contribution < 1.29 is 13.8 Å². The molecule has 0 spiro atoms. The van der Waals surface area contributed by atoms with Crippen LogP contribution in [0.1, 0.15) is 39.7 Å². The molecule has 2 aliphatic rings. The van der Waals surface area contributed by atoms with Gasteiger partial charge in [-0.05, 0) is 33.3 Å². The van der Waals surface area contributed by atoms with Gasteiger partial charge in [0.15, 0.2) is 0 Å². The van der Waals surface area contributed by atoms with E-state index in [4.69, 9.17) is 9.31 Å². The lowest BCUT2D eigenvalue weighted by atomic mass is 9.37. The molecule has 0 aromatic heterocycles. The van der Waals surface area contributed by atoms with Crippen LogP contribution in [0, 0.1) is 0 Å². The average Bonchev–Trinajstić information content (AvgIpc) is 2.54. The number of quaternary nitrogens is 1. The minimum Gasteiger partial charge on any atom is -0.558 e. The van der Waals surface area contributed by atoms with E-state index in [-0.39, 0.29) is 16.6 Å². The number of rotatable bonds is 2. The van der Waals surface area contributed by atoms with E-state index in [0.717, 1.165) is 17.4 Å². The van der Waals surface area contributed by atoms with Crippen molar-refractivity contribution in [3.63, 3.8) is 0 Å². The van der Waals surface area contributed by atoms with Gasteiger partial charge in [0.2, 0.25) is 0 Å². The van der Waals surface area contributed by atoms with Crippen LogP contribution in [0.5, 0.6) is 0 Å². The highest BCUT2D eigenvalue weighted by atomic mass is 16.7. The average molecular weight is 303 g/mol. The third kappa shape index (κ3) is 1.81. The van der Waals surface area contributed by atoms with E-state index in [0.29, 0.717) is 0 Å². The van der Waals surface area contributed by atoms with E-state index in [1.807, 2.05) is 0 Å². The lowest BCUT2D eigenvalue weighted by Crippen LogP contribution is -2.79. The first-order chi connectivity index (χ1) is 9.98. The van der Waals surface area contributed by atoms with Crippen LogP contribution in [0.15, 0.2) is 30.3 Å². The Labute approximate surface area is 135 Å². The van der Waals surface area contributed by atoms with Gasteiger partial charge in [0.1, 0.15) is 0 Å². The molecule has 0 amide bonds. The summed E-state index contributed by atoms with van der Waals surface area (Å²) in [7, 11) is 4.60. The van der Waals surface area contributed by atoms with E-state index in [9.17, 15) is 0 Å². The normalized spacial score (nSPS) is 34.1. The number of nitrogens with zero attached hydrogens (tertiary/aromatic N) is 1. The van der Waals surface area contributed by atoms with Crippen molar-refractivity contribution in [3.8, 4) is 0 Å². The smallest absolute Gasteiger partial charge is 0.304 e. The van der Waals surface area contributed by atoms with Crippen LogP contribution in [0.3, 0.4) is 0 Å². The molecule has 0 saturated carbocycles. The summed E-state index contributed by atoms with van der Waals surface area (Å²) >= 11 is 0. The molecule has 2 saturated heterocycles. The zero-order valence-corrected chi connectivity index (χ0v) is 15.1. The van der Waals surface area contributed by atoms with Crippen molar-refractivity contribution in [2.75, 3.05) is 20.6 Å². The molecule has 0 bridgehead atoms. The molecule has 3 nitrogen and oxygen atoms in total. The molecule has 4 heteroatoms. The van der Waals surface area contributed by atoms with Crippen LogP contribution in [0.2, 0.25) is 6.82 Å². The fourth-order valence-electron chi connectivity index (χ4n) is 4.85. The lowest BCUT2D eigenvalue weighted by molar-refractivity contribution is -0.980. The lowest BCUT2D eigenvalue weighted by Gasteiger charge is -2.67. The molecule has 22 heavy (non-hydrogen) atoms. The second-order valence-corrected chi connectivity index (χ2v) is 8.80. The molecule has 2 fully saturated rings. The molecular weight excluding hydrogens is 273 g/mol. The van der Waals surface area contributed by atoms with E-state index < -0.39 is 6.55 Å². The first kappa shape index (κ1) is 16.0. The summed E-state index contributed by atoms with van der Waals surface area (Å²) in [5.74, 6) is 0. The standard InChI is InChI=1S/C18H30BNO2/c1-16(2)17(3,4)22-19(5,21-16)18(13-14-20(18,6)7)15-11-9-8-10-12-15/h8-12H,13-14H2,1-7H3. The maximum Gasteiger partial charge on any atom is 0.304 e. The summed E-state index contributed by atoms with van der Waals surface area (Å²) < 4.78 is 14.3. The van der Waals surface area contributed by atoms with E-state index in [1.165, 1.54) is 5.56 Å². The van der Waals surface area contributed by atoms with Crippen LogP contribution >= 0.6 is 0 Å². The highest BCUT2D eigenvalue weighted by Gasteiger charge is 2.68. The third-order valence-corrected chi connectivity index (χ3v) is 6.76. The molecule has 1 unspecified atom stereocenters. The molecule has 0 N–H and O–H groups in total. The van der Waals surface area contributed by atoms with E-state index in [1.54, 1.807) is 0 Å². The number of benzene rings is 1. The molecule has 122 valence electrons. The van der Waals surface area contributed by atoms with Crippen molar-refractivity contribution in [2.45, 2.75) is 57.6 Å². The van der Waals surface area contributed by atoms with Gasteiger partial charge in [-0.25, -0.2) is 0 Å². The van der Waals surface area contributed by atoms with Gasteiger partial charge < -0.3 is 13.8 Å². The van der Waals surface area contributed by atoms with Crippen molar-refractivity contribution in [1.29, 1.82) is 0 Å². The van der Waals surface area contributed by atoms with Crippen LogP contribution < -0.4 is 0 Å². The van der Waals surface area contributed by atoms with Gasteiger partial charge in [0.25, 0.3) is 0 Å². The molecule has 2 heterocycles. The Morgan fingerprint density at radius 1 is 0.955 bits per heavy atom. The summed E-state index contributed by atoms with van der Waals surface area (Å²) in [5.41, 5.74) is 0.645. The van der Waals surface area contributed by atoms with Crippen LogP contribution in [-0.2, 0) is 14.7 Å². The van der Waals surface area contributed by atoms with E-state index >= 15 is 0 Å². The summed E-state index contributed by atoms with van der Waals surface area (Å²) in [6.45, 7) is 10.5.